The zero-order chi connectivity index (χ0) is 20.2. The number of carbonyl (C=O) groups is 1. The Balaban J connectivity index is 1.47. The third-order valence-electron chi connectivity index (χ3n) is 5.86. The van der Waals surface area contributed by atoms with Crippen molar-refractivity contribution in [3.05, 3.63) is 58.6 Å². The maximum absolute atomic E-state index is 12.9. The van der Waals surface area contributed by atoms with Gasteiger partial charge in [-0.05, 0) is 42.3 Å². The lowest BCUT2D eigenvalue weighted by Gasteiger charge is -2.36. The number of hydrogen-bond acceptors (Lipinski definition) is 4. The highest BCUT2D eigenvalue weighted by Gasteiger charge is 2.24. The molecule has 0 aliphatic carbocycles. The van der Waals surface area contributed by atoms with Gasteiger partial charge in [0.1, 0.15) is 0 Å². The number of nitrogens with one attached hydrogen (secondary N) is 1. The summed E-state index contributed by atoms with van der Waals surface area (Å²) in [6.07, 6.45) is 0.999. The number of fused-ring (bicyclic) bond motifs is 1. The Kier molecular flexibility index (Phi) is 6.38. The van der Waals surface area contributed by atoms with Crippen LogP contribution in [0.3, 0.4) is 0 Å². The molecule has 2 aliphatic rings. The van der Waals surface area contributed by atoms with Gasteiger partial charge in [0, 0.05) is 31.2 Å². The number of nitrogens with zero attached hydrogens (tertiary/aromatic N) is 2. The van der Waals surface area contributed by atoms with Crippen LogP contribution in [0.5, 0.6) is 0 Å². The summed E-state index contributed by atoms with van der Waals surface area (Å²) in [7, 11) is 0. The lowest BCUT2D eigenvalue weighted by molar-refractivity contribution is -0.119. The van der Waals surface area contributed by atoms with E-state index in [-0.39, 0.29) is 12.0 Å². The summed E-state index contributed by atoms with van der Waals surface area (Å²) in [5, 5.41) is 3.71. The topological polar surface area (TPSA) is 44.8 Å². The van der Waals surface area contributed by atoms with Gasteiger partial charge in [0.2, 0.25) is 5.91 Å². The number of likely N-dealkylation sites (N-methyl/N-ethyl adjacent to an activating group) is 1. The minimum Gasteiger partial charge on any atom is -0.373 e. The Morgan fingerprint density at radius 3 is 2.76 bits per heavy atom. The van der Waals surface area contributed by atoms with E-state index in [4.69, 9.17) is 16.3 Å². The number of rotatable bonds is 5. The van der Waals surface area contributed by atoms with Crippen LogP contribution in [0.4, 0.5) is 11.4 Å². The molecular weight excluding hydrogens is 386 g/mol. The second kappa shape index (κ2) is 9.16. The van der Waals surface area contributed by atoms with E-state index in [9.17, 15) is 4.79 Å². The Morgan fingerprint density at radius 1 is 1.17 bits per heavy atom. The van der Waals surface area contributed by atoms with E-state index in [0.29, 0.717) is 18.1 Å². The van der Waals surface area contributed by atoms with E-state index in [2.05, 4.69) is 34.2 Å². The molecule has 0 saturated carbocycles. The highest BCUT2D eigenvalue weighted by molar-refractivity contribution is 6.31. The molecule has 154 valence electrons. The average molecular weight is 414 g/mol. The first kappa shape index (κ1) is 20.2. The largest absolute Gasteiger partial charge is 0.373 e. The molecule has 29 heavy (non-hydrogen) atoms. The maximum Gasteiger partial charge on any atom is 0.227 e. The number of anilines is 2. The van der Waals surface area contributed by atoms with Gasteiger partial charge in [-0.2, -0.15) is 0 Å². The van der Waals surface area contributed by atoms with Crippen molar-refractivity contribution < 1.29 is 9.53 Å². The molecule has 2 aromatic rings. The summed E-state index contributed by atoms with van der Waals surface area (Å²) in [6.45, 7) is 7.85. The predicted molar refractivity (Wildman–Crippen MR) is 118 cm³/mol. The standard InChI is InChI=1S/C23H28ClN3O2/c1-2-26-10-12-27(13-11-26)21-8-7-18(24)15-20(21)25-23(28)16-22-19-6-4-3-5-17(19)9-14-29-22/h3-8,15,22H,2,9-14,16H2,1H3,(H,25,28). The van der Waals surface area contributed by atoms with Crippen molar-refractivity contribution in [3.63, 3.8) is 0 Å². The van der Waals surface area contributed by atoms with Gasteiger partial charge >= 0.3 is 0 Å². The first-order valence-corrected chi connectivity index (χ1v) is 10.8. The third kappa shape index (κ3) is 4.74. The number of hydrogen-bond donors (Lipinski definition) is 1. The fourth-order valence-electron chi connectivity index (χ4n) is 4.20. The maximum atomic E-state index is 12.9. The normalized spacial score (nSPS) is 19.7. The smallest absolute Gasteiger partial charge is 0.227 e. The molecule has 1 fully saturated rings. The average Bonchev–Trinajstić information content (AvgIpc) is 2.74. The minimum atomic E-state index is -0.198. The fraction of sp³-hybridized carbons (Fsp3) is 0.435. The number of amides is 1. The first-order valence-electron chi connectivity index (χ1n) is 10.4. The summed E-state index contributed by atoms with van der Waals surface area (Å²) < 4.78 is 5.90. The lowest BCUT2D eigenvalue weighted by Crippen LogP contribution is -2.46. The van der Waals surface area contributed by atoms with Gasteiger partial charge in [-0.3, -0.25) is 4.79 Å². The number of ether oxygens (including phenoxy) is 1. The van der Waals surface area contributed by atoms with Crippen LogP contribution in [-0.4, -0.2) is 50.1 Å². The molecule has 2 aromatic carbocycles. The molecule has 2 heterocycles. The number of benzene rings is 2. The summed E-state index contributed by atoms with van der Waals surface area (Å²) in [4.78, 5) is 17.6. The molecular formula is C23H28ClN3O2. The zero-order valence-corrected chi connectivity index (χ0v) is 17.6. The molecule has 1 saturated heterocycles. The van der Waals surface area contributed by atoms with Gasteiger partial charge in [0.25, 0.3) is 0 Å². The van der Waals surface area contributed by atoms with Crippen LogP contribution in [-0.2, 0) is 16.0 Å². The fourth-order valence-corrected chi connectivity index (χ4v) is 4.38. The van der Waals surface area contributed by atoms with E-state index in [1.54, 1.807) is 0 Å². The van der Waals surface area contributed by atoms with E-state index >= 15 is 0 Å². The van der Waals surface area contributed by atoms with Crippen LogP contribution in [0.15, 0.2) is 42.5 Å². The molecule has 1 unspecified atom stereocenters. The summed E-state index contributed by atoms with van der Waals surface area (Å²) >= 11 is 6.24. The van der Waals surface area contributed by atoms with Crippen molar-refractivity contribution in [2.45, 2.75) is 25.9 Å². The second-order valence-corrected chi connectivity index (χ2v) is 8.08. The van der Waals surface area contributed by atoms with Crippen LogP contribution < -0.4 is 10.2 Å². The Bertz CT molecular complexity index is 865. The van der Waals surface area contributed by atoms with Crippen molar-refractivity contribution >= 4 is 28.9 Å². The molecule has 6 heteroatoms. The summed E-state index contributed by atoms with van der Waals surface area (Å²) in [5.41, 5.74) is 4.20. The van der Waals surface area contributed by atoms with Gasteiger partial charge < -0.3 is 19.9 Å². The van der Waals surface area contributed by atoms with Gasteiger partial charge in [-0.15, -0.1) is 0 Å². The van der Waals surface area contributed by atoms with Gasteiger partial charge in [0.05, 0.1) is 30.5 Å². The molecule has 0 radical (unpaired) electrons. The minimum absolute atomic E-state index is 0.0533. The van der Waals surface area contributed by atoms with Gasteiger partial charge in [-0.25, -0.2) is 0 Å². The van der Waals surface area contributed by atoms with Crippen LogP contribution >= 0.6 is 11.6 Å². The van der Waals surface area contributed by atoms with Crippen LogP contribution in [0.25, 0.3) is 0 Å². The summed E-state index contributed by atoms with van der Waals surface area (Å²) in [6, 6.07) is 14.0. The Labute approximate surface area is 177 Å². The molecule has 5 nitrogen and oxygen atoms in total. The van der Waals surface area contributed by atoms with Crippen LogP contribution in [0.2, 0.25) is 5.02 Å². The Hall–Kier alpha value is -2.08. The monoisotopic (exact) mass is 413 g/mol. The van der Waals surface area contributed by atoms with E-state index in [1.165, 1.54) is 5.56 Å². The molecule has 1 atom stereocenters. The third-order valence-corrected chi connectivity index (χ3v) is 6.09. The second-order valence-electron chi connectivity index (χ2n) is 7.64. The number of piperazine rings is 1. The summed E-state index contributed by atoms with van der Waals surface area (Å²) in [5.74, 6) is -0.0533. The van der Waals surface area contributed by atoms with Crippen molar-refractivity contribution in [1.82, 2.24) is 4.90 Å². The van der Waals surface area contributed by atoms with E-state index in [0.717, 1.165) is 56.1 Å². The molecule has 1 amide bonds. The quantitative estimate of drug-likeness (QED) is 0.800. The zero-order valence-electron chi connectivity index (χ0n) is 16.9. The molecule has 1 N–H and O–H groups in total. The number of halogens is 1. The Morgan fingerprint density at radius 2 is 1.97 bits per heavy atom. The van der Waals surface area contributed by atoms with Crippen molar-refractivity contribution in [3.8, 4) is 0 Å². The van der Waals surface area contributed by atoms with Crippen molar-refractivity contribution in [1.29, 1.82) is 0 Å². The highest BCUT2D eigenvalue weighted by Crippen LogP contribution is 2.33. The number of carbonyl (C=O) groups excluding carboxylic acids is 1. The van der Waals surface area contributed by atoms with Crippen LogP contribution in [0.1, 0.15) is 30.6 Å². The van der Waals surface area contributed by atoms with Crippen molar-refractivity contribution in [2.75, 3.05) is 49.5 Å². The molecule has 0 spiro atoms. The molecule has 2 aliphatic heterocycles. The molecule has 0 aromatic heterocycles. The molecule has 4 rings (SSSR count). The molecule has 0 bridgehead atoms. The van der Waals surface area contributed by atoms with Crippen molar-refractivity contribution in [2.24, 2.45) is 0 Å². The van der Waals surface area contributed by atoms with E-state index in [1.807, 2.05) is 30.3 Å². The highest BCUT2D eigenvalue weighted by atomic mass is 35.5. The first-order chi connectivity index (χ1) is 14.1. The van der Waals surface area contributed by atoms with Gasteiger partial charge in [0.15, 0.2) is 0 Å². The lowest BCUT2D eigenvalue weighted by atomic mass is 9.95. The van der Waals surface area contributed by atoms with E-state index < -0.39 is 0 Å². The SMILES string of the molecule is CCN1CCN(c2ccc(Cl)cc2NC(=O)CC2OCCc3ccccc32)CC1. The van der Waals surface area contributed by atoms with Crippen LogP contribution in [0, 0.1) is 0 Å². The predicted octanol–water partition coefficient (Wildman–Crippen LogP) is 4.12. The van der Waals surface area contributed by atoms with Gasteiger partial charge in [-0.1, -0.05) is 42.8 Å².